The van der Waals surface area contributed by atoms with E-state index in [4.69, 9.17) is 0 Å². The van der Waals surface area contributed by atoms with E-state index in [0.29, 0.717) is 11.3 Å². The molecule has 0 radical (unpaired) electrons. The molecule has 0 aliphatic heterocycles. The first-order valence-corrected chi connectivity index (χ1v) is 8.06. The first-order chi connectivity index (χ1) is 12.1. The molecule has 3 aromatic carbocycles. The number of benzene rings is 3. The molecule has 124 valence electrons. The van der Waals surface area contributed by atoms with Gasteiger partial charge in [-0.2, -0.15) is 0 Å². The molecule has 0 bridgehead atoms. The van der Waals surface area contributed by atoms with E-state index >= 15 is 0 Å². The highest BCUT2D eigenvalue weighted by molar-refractivity contribution is 6.04. The van der Waals surface area contributed by atoms with Gasteiger partial charge in [0.25, 0.3) is 0 Å². The lowest BCUT2D eigenvalue weighted by Gasteiger charge is -2.05. The van der Waals surface area contributed by atoms with Gasteiger partial charge in [0, 0.05) is 17.8 Å². The molecule has 0 aliphatic carbocycles. The van der Waals surface area contributed by atoms with E-state index in [-0.39, 0.29) is 11.5 Å². The Hall–Kier alpha value is -3.33. The quantitative estimate of drug-likeness (QED) is 0.385. The maximum absolute atomic E-state index is 12.2. The smallest absolute Gasteiger partial charge is 0.187 e. The molecule has 0 saturated carbocycles. The van der Waals surface area contributed by atoms with Crippen molar-refractivity contribution in [2.45, 2.75) is 6.92 Å². The topological polar surface area (TPSA) is 49.3 Å². The highest BCUT2D eigenvalue weighted by Gasteiger charge is 2.03. The molecule has 3 aromatic rings. The number of nitrogens with one attached hydrogen (secondary N) is 1. The van der Waals surface area contributed by atoms with Gasteiger partial charge in [0.15, 0.2) is 5.78 Å². The Labute approximate surface area is 147 Å². The summed E-state index contributed by atoms with van der Waals surface area (Å²) < 4.78 is 0. The summed E-state index contributed by atoms with van der Waals surface area (Å²) in [5.74, 6) is 0.0584. The summed E-state index contributed by atoms with van der Waals surface area (Å²) in [4.78, 5) is 12.2. The van der Waals surface area contributed by atoms with Gasteiger partial charge in [-0.05, 0) is 35.7 Å². The van der Waals surface area contributed by atoms with Crippen LogP contribution < -0.4 is 5.32 Å². The number of carbonyl (C=O) groups excluding carboxylic acids is 1. The van der Waals surface area contributed by atoms with Crippen LogP contribution in [0.1, 0.15) is 15.9 Å². The molecule has 0 atom stereocenters. The number of phenols is 1. The minimum absolute atomic E-state index is 0.0984. The molecule has 0 aromatic heterocycles. The van der Waals surface area contributed by atoms with Gasteiger partial charge in [-0.1, -0.05) is 60.7 Å². The molecule has 3 rings (SSSR count). The average molecular weight is 329 g/mol. The normalized spacial score (nSPS) is 10.8. The van der Waals surface area contributed by atoms with Crippen LogP contribution in [0.2, 0.25) is 0 Å². The van der Waals surface area contributed by atoms with Crippen molar-refractivity contribution < 1.29 is 9.90 Å². The fraction of sp³-hybridized carbons (Fsp3) is 0.0455. The lowest BCUT2D eigenvalue weighted by Crippen LogP contribution is -1.96. The van der Waals surface area contributed by atoms with Gasteiger partial charge < -0.3 is 10.4 Å². The Balaban J connectivity index is 1.67. The van der Waals surface area contributed by atoms with Crippen molar-refractivity contribution in [3.8, 4) is 16.9 Å². The lowest BCUT2D eigenvalue weighted by atomic mass is 10.0. The maximum atomic E-state index is 12.2. The molecule has 0 fully saturated rings. The van der Waals surface area contributed by atoms with Gasteiger partial charge in [0.05, 0.1) is 5.69 Å². The van der Waals surface area contributed by atoms with E-state index in [9.17, 15) is 9.90 Å². The number of anilines is 1. The minimum Gasteiger partial charge on any atom is -0.506 e. The molecule has 0 saturated heterocycles. The van der Waals surface area contributed by atoms with Crippen LogP contribution in [-0.4, -0.2) is 10.9 Å². The SMILES string of the molecule is Cc1ccc(NC=CC(=O)c2ccc(-c3ccccc3)cc2)c(O)c1. The number of aryl methyl sites for hydroxylation is 1. The van der Waals surface area contributed by atoms with Crippen molar-refractivity contribution in [1.82, 2.24) is 0 Å². The summed E-state index contributed by atoms with van der Waals surface area (Å²) in [5, 5.41) is 12.8. The van der Waals surface area contributed by atoms with Crippen LogP contribution in [0, 0.1) is 6.92 Å². The van der Waals surface area contributed by atoms with Crippen LogP contribution >= 0.6 is 0 Å². The Morgan fingerprint density at radius 1 is 0.920 bits per heavy atom. The third kappa shape index (κ3) is 4.15. The van der Waals surface area contributed by atoms with Gasteiger partial charge in [0.2, 0.25) is 0 Å². The molecule has 25 heavy (non-hydrogen) atoms. The highest BCUT2D eigenvalue weighted by atomic mass is 16.3. The predicted octanol–water partition coefficient (Wildman–Crippen LogP) is 5.18. The lowest BCUT2D eigenvalue weighted by molar-refractivity contribution is 0.104. The Morgan fingerprint density at radius 3 is 2.28 bits per heavy atom. The van der Waals surface area contributed by atoms with Gasteiger partial charge in [-0.3, -0.25) is 4.79 Å². The van der Waals surface area contributed by atoms with E-state index in [1.807, 2.05) is 67.6 Å². The van der Waals surface area contributed by atoms with E-state index in [1.54, 1.807) is 12.1 Å². The van der Waals surface area contributed by atoms with Gasteiger partial charge in [-0.25, -0.2) is 0 Å². The van der Waals surface area contributed by atoms with E-state index in [2.05, 4.69) is 5.32 Å². The van der Waals surface area contributed by atoms with E-state index in [0.717, 1.165) is 16.7 Å². The predicted molar refractivity (Wildman–Crippen MR) is 102 cm³/mol. The maximum Gasteiger partial charge on any atom is 0.187 e. The second-order valence-electron chi connectivity index (χ2n) is 5.81. The minimum atomic E-state index is -0.0984. The van der Waals surface area contributed by atoms with Crippen molar-refractivity contribution >= 4 is 11.5 Å². The van der Waals surface area contributed by atoms with Gasteiger partial charge >= 0.3 is 0 Å². The van der Waals surface area contributed by atoms with Crippen molar-refractivity contribution in [2.75, 3.05) is 5.32 Å². The molecule has 3 nitrogen and oxygen atoms in total. The molecule has 0 spiro atoms. The van der Waals surface area contributed by atoms with Gasteiger partial charge in [0.1, 0.15) is 5.75 Å². The largest absolute Gasteiger partial charge is 0.506 e. The second kappa shape index (κ2) is 7.49. The van der Waals surface area contributed by atoms with Crippen LogP contribution in [0.3, 0.4) is 0 Å². The van der Waals surface area contributed by atoms with Crippen LogP contribution in [-0.2, 0) is 0 Å². The van der Waals surface area contributed by atoms with Crippen molar-refractivity contribution in [3.05, 3.63) is 96.2 Å². The fourth-order valence-electron chi connectivity index (χ4n) is 2.52. The number of aromatic hydroxyl groups is 1. The number of ketones is 1. The number of rotatable bonds is 5. The summed E-state index contributed by atoms with van der Waals surface area (Å²) in [5.41, 5.74) is 4.35. The number of carbonyl (C=O) groups is 1. The molecule has 3 heteroatoms. The molecule has 0 aliphatic rings. The van der Waals surface area contributed by atoms with Crippen molar-refractivity contribution in [2.24, 2.45) is 0 Å². The zero-order valence-electron chi connectivity index (χ0n) is 13.9. The van der Waals surface area contributed by atoms with Crippen LogP contribution in [0.15, 0.2) is 85.1 Å². The first-order valence-electron chi connectivity index (χ1n) is 8.06. The van der Waals surface area contributed by atoms with E-state index in [1.165, 1.54) is 12.3 Å². The fourth-order valence-corrected chi connectivity index (χ4v) is 2.52. The number of hydrogen-bond acceptors (Lipinski definition) is 3. The number of allylic oxidation sites excluding steroid dienone is 1. The molecule has 0 unspecified atom stereocenters. The Kier molecular flexibility index (Phi) is 4.95. The van der Waals surface area contributed by atoms with Crippen LogP contribution in [0.25, 0.3) is 11.1 Å². The summed E-state index contributed by atoms with van der Waals surface area (Å²) in [6.45, 7) is 1.90. The number of hydrogen-bond donors (Lipinski definition) is 2. The standard InChI is InChI=1S/C22H19NO2/c1-16-7-12-20(22(25)15-16)23-14-13-21(24)19-10-8-18(9-11-19)17-5-3-2-4-6-17/h2-15,23,25H,1H3. The molecular formula is C22H19NO2. The monoisotopic (exact) mass is 329 g/mol. The zero-order valence-corrected chi connectivity index (χ0v) is 13.9. The Morgan fingerprint density at radius 2 is 1.60 bits per heavy atom. The zero-order chi connectivity index (χ0) is 17.6. The molecular weight excluding hydrogens is 310 g/mol. The Bertz CT molecular complexity index is 897. The summed E-state index contributed by atoms with van der Waals surface area (Å²) in [6, 6.07) is 22.9. The van der Waals surface area contributed by atoms with Gasteiger partial charge in [-0.15, -0.1) is 0 Å². The second-order valence-corrected chi connectivity index (χ2v) is 5.81. The highest BCUT2D eigenvalue weighted by Crippen LogP contribution is 2.24. The summed E-state index contributed by atoms with van der Waals surface area (Å²) in [7, 11) is 0. The first kappa shape index (κ1) is 16.5. The van der Waals surface area contributed by atoms with Crippen molar-refractivity contribution in [3.63, 3.8) is 0 Å². The molecule has 0 amide bonds. The third-order valence-electron chi connectivity index (χ3n) is 3.90. The molecule has 0 heterocycles. The summed E-state index contributed by atoms with van der Waals surface area (Å²) >= 11 is 0. The number of phenolic OH excluding ortho intramolecular Hbond substituents is 1. The van der Waals surface area contributed by atoms with Crippen molar-refractivity contribution in [1.29, 1.82) is 0 Å². The average Bonchev–Trinajstić information content (AvgIpc) is 2.64. The van der Waals surface area contributed by atoms with Crippen LogP contribution in [0.5, 0.6) is 5.75 Å². The van der Waals surface area contributed by atoms with Crippen LogP contribution in [0.4, 0.5) is 5.69 Å². The third-order valence-corrected chi connectivity index (χ3v) is 3.90. The van der Waals surface area contributed by atoms with E-state index < -0.39 is 0 Å². The summed E-state index contributed by atoms with van der Waals surface area (Å²) in [6.07, 6.45) is 2.99. The molecule has 2 N–H and O–H groups in total.